The van der Waals surface area contributed by atoms with Crippen molar-refractivity contribution in [1.82, 2.24) is 10.3 Å². The molecule has 3 N–H and O–H groups in total. The van der Waals surface area contributed by atoms with E-state index >= 15 is 0 Å². The van der Waals surface area contributed by atoms with Gasteiger partial charge < -0.3 is 10.4 Å². The molecular formula is C12H15N3O2. The Morgan fingerprint density at radius 2 is 2.35 bits per heavy atom. The van der Waals surface area contributed by atoms with Crippen molar-refractivity contribution in [3.63, 3.8) is 0 Å². The standard InChI is InChI=1S/C12H15N3O2/c1-2-13-12(17)15-11-8-5-7-10(14-11)6-3-4-9-16/h5,7-8,16H,2,4,9H2,1H3,(H2,13,14,15,17). The number of carbonyl (C=O) groups is 1. The van der Waals surface area contributed by atoms with Crippen molar-refractivity contribution in [1.29, 1.82) is 0 Å². The van der Waals surface area contributed by atoms with Gasteiger partial charge in [-0.15, -0.1) is 0 Å². The first-order chi connectivity index (χ1) is 8.26. The van der Waals surface area contributed by atoms with Crippen molar-refractivity contribution in [3.8, 4) is 11.8 Å². The molecule has 0 unspecified atom stereocenters. The zero-order valence-corrected chi connectivity index (χ0v) is 9.66. The van der Waals surface area contributed by atoms with Crippen LogP contribution < -0.4 is 10.6 Å². The van der Waals surface area contributed by atoms with Gasteiger partial charge in [0.2, 0.25) is 0 Å². The summed E-state index contributed by atoms with van der Waals surface area (Å²) in [6.07, 6.45) is 0.412. The Kier molecular flexibility index (Phi) is 5.55. The maximum absolute atomic E-state index is 11.3. The number of carbonyl (C=O) groups excluding carboxylic acids is 1. The number of aromatic nitrogens is 1. The average Bonchev–Trinajstić information content (AvgIpc) is 2.30. The molecule has 0 fully saturated rings. The van der Waals surface area contributed by atoms with Crippen LogP contribution in [0.4, 0.5) is 10.6 Å². The molecule has 2 amide bonds. The molecule has 5 heteroatoms. The van der Waals surface area contributed by atoms with Crippen molar-refractivity contribution in [2.45, 2.75) is 13.3 Å². The van der Waals surface area contributed by atoms with Crippen LogP contribution in [-0.4, -0.2) is 29.3 Å². The summed E-state index contributed by atoms with van der Waals surface area (Å²) in [4.78, 5) is 15.4. The van der Waals surface area contributed by atoms with Gasteiger partial charge in [0, 0.05) is 13.0 Å². The number of anilines is 1. The van der Waals surface area contributed by atoms with E-state index in [1.807, 2.05) is 6.92 Å². The second-order valence-electron chi connectivity index (χ2n) is 3.17. The first-order valence-electron chi connectivity index (χ1n) is 5.38. The monoisotopic (exact) mass is 233 g/mol. The Labute approximate surface area is 100 Å². The summed E-state index contributed by atoms with van der Waals surface area (Å²) < 4.78 is 0. The smallest absolute Gasteiger partial charge is 0.320 e. The van der Waals surface area contributed by atoms with E-state index in [0.29, 0.717) is 24.5 Å². The predicted octanol–water partition coefficient (Wildman–Crippen LogP) is 0.957. The molecule has 0 atom stereocenters. The fraction of sp³-hybridized carbons (Fsp3) is 0.333. The van der Waals surface area contributed by atoms with Gasteiger partial charge in [-0.3, -0.25) is 5.32 Å². The summed E-state index contributed by atoms with van der Waals surface area (Å²) in [5.74, 6) is 6.02. The summed E-state index contributed by atoms with van der Waals surface area (Å²) >= 11 is 0. The molecule has 0 aliphatic rings. The minimum Gasteiger partial charge on any atom is -0.395 e. The highest BCUT2D eigenvalue weighted by molar-refractivity contribution is 5.88. The molecule has 0 bridgehead atoms. The van der Waals surface area contributed by atoms with Gasteiger partial charge in [-0.1, -0.05) is 12.0 Å². The first-order valence-corrected chi connectivity index (χ1v) is 5.38. The van der Waals surface area contributed by atoms with Gasteiger partial charge >= 0.3 is 6.03 Å². The maximum atomic E-state index is 11.3. The molecule has 5 nitrogen and oxygen atoms in total. The van der Waals surface area contributed by atoms with E-state index in [9.17, 15) is 4.79 Å². The second-order valence-corrected chi connectivity index (χ2v) is 3.17. The zero-order valence-electron chi connectivity index (χ0n) is 9.66. The van der Waals surface area contributed by atoms with Gasteiger partial charge in [0.05, 0.1) is 6.61 Å². The summed E-state index contributed by atoms with van der Waals surface area (Å²) in [6, 6.07) is 4.90. The molecule has 0 spiro atoms. The number of nitrogens with zero attached hydrogens (tertiary/aromatic N) is 1. The molecule has 1 aromatic rings. The number of nitrogens with one attached hydrogen (secondary N) is 2. The zero-order chi connectivity index (χ0) is 12.5. The molecule has 0 saturated carbocycles. The van der Waals surface area contributed by atoms with Crippen LogP contribution in [0.5, 0.6) is 0 Å². The maximum Gasteiger partial charge on any atom is 0.320 e. The van der Waals surface area contributed by atoms with E-state index in [-0.39, 0.29) is 12.6 Å². The van der Waals surface area contributed by atoms with Crippen LogP contribution in [0.15, 0.2) is 18.2 Å². The third-order valence-electron chi connectivity index (χ3n) is 1.78. The lowest BCUT2D eigenvalue weighted by atomic mass is 10.3. The molecule has 90 valence electrons. The molecule has 0 radical (unpaired) electrons. The number of amides is 2. The van der Waals surface area contributed by atoms with Crippen LogP contribution in [0.3, 0.4) is 0 Å². The Morgan fingerprint density at radius 1 is 1.53 bits per heavy atom. The quantitative estimate of drug-likeness (QED) is 0.681. The third-order valence-corrected chi connectivity index (χ3v) is 1.78. The minimum absolute atomic E-state index is 0.0316. The number of aliphatic hydroxyl groups is 1. The summed E-state index contributed by atoms with van der Waals surface area (Å²) in [5, 5.41) is 13.8. The fourth-order valence-electron chi connectivity index (χ4n) is 1.10. The predicted molar refractivity (Wildman–Crippen MR) is 65.5 cm³/mol. The summed E-state index contributed by atoms with van der Waals surface area (Å²) in [5.41, 5.74) is 0.563. The van der Waals surface area contributed by atoms with E-state index in [2.05, 4.69) is 27.5 Å². The molecule has 1 rings (SSSR count). The van der Waals surface area contributed by atoms with Crippen LogP contribution in [0, 0.1) is 11.8 Å². The molecule has 0 aliphatic heterocycles. The number of urea groups is 1. The summed E-state index contributed by atoms with van der Waals surface area (Å²) in [7, 11) is 0. The van der Waals surface area contributed by atoms with E-state index < -0.39 is 0 Å². The molecule has 0 saturated heterocycles. The third kappa shape index (κ3) is 5.00. The van der Waals surface area contributed by atoms with Crippen LogP contribution in [0.2, 0.25) is 0 Å². The van der Waals surface area contributed by atoms with E-state index in [4.69, 9.17) is 5.11 Å². The van der Waals surface area contributed by atoms with Crippen LogP contribution >= 0.6 is 0 Å². The van der Waals surface area contributed by atoms with E-state index in [0.717, 1.165) is 0 Å². The second kappa shape index (κ2) is 7.25. The molecule has 0 aliphatic carbocycles. The van der Waals surface area contributed by atoms with Gasteiger partial charge in [0.25, 0.3) is 0 Å². The Balaban J connectivity index is 2.66. The van der Waals surface area contributed by atoms with Gasteiger partial charge in [0.15, 0.2) is 0 Å². The van der Waals surface area contributed by atoms with Gasteiger partial charge in [-0.2, -0.15) is 0 Å². The lowest BCUT2D eigenvalue weighted by Crippen LogP contribution is -2.28. The number of hydrogen-bond donors (Lipinski definition) is 3. The largest absolute Gasteiger partial charge is 0.395 e. The van der Waals surface area contributed by atoms with Gasteiger partial charge in [-0.05, 0) is 25.0 Å². The normalized spacial score (nSPS) is 9.06. The molecule has 0 aromatic carbocycles. The Morgan fingerprint density at radius 3 is 3.06 bits per heavy atom. The van der Waals surface area contributed by atoms with Gasteiger partial charge in [0.1, 0.15) is 11.5 Å². The molecule has 17 heavy (non-hydrogen) atoms. The van der Waals surface area contributed by atoms with Crippen molar-refractivity contribution in [2.75, 3.05) is 18.5 Å². The van der Waals surface area contributed by atoms with Crippen LogP contribution in [-0.2, 0) is 0 Å². The van der Waals surface area contributed by atoms with Crippen molar-refractivity contribution >= 4 is 11.8 Å². The number of hydrogen-bond acceptors (Lipinski definition) is 3. The van der Waals surface area contributed by atoms with Crippen LogP contribution in [0.25, 0.3) is 0 Å². The van der Waals surface area contributed by atoms with Gasteiger partial charge in [-0.25, -0.2) is 9.78 Å². The lowest BCUT2D eigenvalue weighted by Gasteiger charge is -2.04. The van der Waals surface area contributed by atoms with Crippen LogP contribution in [0.1, 0.15) is 19.0 Å². The Hall–Kier alpha value is -2.06. The van der Waals surface area contributed by atoms with Crippen molar-refractivity contribution in [2.24, 2.45) is 0 Å². The van der Waals surface area contributed by atoms with E-state index in [1.165, 1.54) is 0 Å². The fourth-order valence-corrected chi connectivity index (χ4v) is 1.10. The average molecular weight is 233 g/mol. The number of pyridine rings is 1. The first kappa shape index (κ1) is 13.0. The lowest BCUT2D eigenvalue weighted by molar-refractivity contribution is 0.252. The molecule has 1 aromatic heterocycles. The van der Waals surface area contributed by atoms with E-state index in [1.54, 1.807) is 18.2 Å². The topological polar surface area (TPSA) is 74.2 Å². The highest BCUT2D eigenvalue weighted by Crippen LogP contribution is 2.03. The SMILES string of the molecule is CCNC(=O)Nc1cccc(C#CCCO)n1. The minimum atomic E-state index is -0.291. The van der Waals surface area contributed by atoms with Crippen molar-refractivity contribution < 1.29 is 9.90 Å². The summed E-state index contributed by atoms with van der Waals surface area (Å²) in [6.45, 7) is 2.43. The Bertz CT molecular complexity index is 435. The molecular weight excluding hydrogens is 218 g/mol. The highest BCUT2D eigenvalue weighted by Gasteiger charge is 2.00. The van der Waals surface area contributed by atoms with Crippen molar-refractivity contribution in [3.05, 3.63) is 23.9 Å². The number of aliphatic hydroxyl groups excluding tert-OH is 1. The number of rotatable bonds is 3. The highest BCUT2D eigenvalue weighted by atomic mass is 16.2. The molecule has 1 heterocycles.